The topological polar surface area (TPSA) is 87.3 Å². The number of amides is 1. The average molecular weight is 761 g/mol. The van der Waals surface area contributed by atoms with Crippen molar-refractivity contribution < 1.29 is 28.5 Å². The first kappa shape index (κ1) is 56.6. The van der Waals surface area contributed by atoms with Crippen LogP contribution in [0.2, 0.25) is 0 Å². The maximum Gasteiger partial charge on any atom is 0.220 e. The van der Waals surface area contributed by atoms with Gasteiger partial charge in [-0.1, -0.05) is 86.5 Å². The molecule has 8 heteroatoms. The van der Waals surface area contributed by atoms with Crippen LogP contribution in [-0.4, -0.2) is 88.6 Å². The number of rotatable bonds is 30. The molecule has 0 heterocycles. The first-order valence-corrected chi connectivity index (χ1v) is 21.7. The Morgan fingerprint density at radius 1 is 0.434 bits per heavy atom. The summed E-state index contributed by atoms with van der Waals surface area (Å²) in [7, 11) is 0. The van der Waals surface area contributed by atoms with Crippen LogP contribution in [0.1, 0.15) is 187 Å². The fourth-order valence-electron chi connectivity index (χ4n) is 4.75. The van der Waals surface area contributed by atoms with Gasteiger partial charge in [-0.3, -0.25) is 4.79 Å². The molecule has 0 aromatic rings. The summed E-state index contributed by atoms with van der Waals surface area (Å²) in [6, 6.07) is 0. The van der Waals surface area contributed by atoms with E-state index >= 15 is 0 Å². The van der Waals surface area contributed by atoms with E-state index in [0.29, 0.717) is 32.8 Å². The molecule has 53 heavy (non-hydrogen) atoms. The molecule has 0 rings (SSSR count). The molecule has 0 atom stereocenters. The van der Waals surface area contributed by atoms with Crippen molar-refractivity contribution in [3.05, 3.63) is 0 Å². The number of nitrogens with one attached hydrogen (secondary N) is 2. The Balaban J connectivity index is -0.000000727. The van der Waals surface area contributed by atoms with Crippen LogP contribution in [0.4, 0.5) is 0 Å². The Morgan fingerprint density at radius 2 is 0.830 bits per heavy atom. The van der Waals surface area contributed by atoms with Crippen molar-refractivity contribution in [2.24, 2.45) is 17.8 Å². The molecule has 0 radical (unpaired) electrons. The first-order valence-electron chi connectivity index (χ1n) is 21.7. The monoisotopic (exact) mass is 761 g/mol. The number of ether oxygens (including phenoxy) is 5. The van der Waals surface area contributed by atoms with E-state index < -0.39 is 0 Å². The quantitative estimate of drug-likeness (QED) is 0.0705. The SMILES string of the molecule is CC(C)CCCCC(=O)NCCOCCCOC(C)(C)C.CC(C)CCCCCOC(C)(C)C.CC(C)CCCCNCCOCCCOC(C)(C)C. The van der Waals surface area contributed by atoms with Crippen molar-refractivity contribution in [3.8, 4) is 0 Å². The van der Waals surface area contributed by atoms with Crippen LogP contribution in [-0.2, 0) is 28.5 Å². The van der Waals surface area contributed by atoms with Gasteiger partial charge in [0.05, 0.1) is 30.0 Å². The van der Waals surface area contributed by atoms with E-state index in [4.69, 9.17) is 23.7 Å². The zero-order valence-electron chi connectivity index (χ0n) is 38.4. The van der Waals surface area contributed by atoms with E-state index in [1.165, 1.54) is 51.4 Å². The molecule has 0 aliphatic carbocycles. The van der Waals surface area contributed by atoms with Crippen LogP contribution in [0.25, 0.3) is 0 Å². The third kappa shape index (κ3) is 63.5. The third-order valence-electron chi connectivity index (χ3n) is 7.71. The lowest BCUT2D eigenvalue weighted by atomic mass is 10.1. The standard InChI is InChI=1S/C17H35NO3.C16H35NO2.C12H26O/c1-15(2)9-6-7-10-16(19)18-11-14-20-12-8-13-21-17(3,4)5;1-15(2)9-6-7-10-17-11-14-18-12-8-13-19-16(3,4)5;1-11(2)9-7-6-8-10-13-12(3,4)5/h15H,6-14H2,1-5H3,(H,18,19);15,17H,6-14H2,1-5H3;11H,6-10H2,1-5H3. The zero-order valence-corrected chi connectivity index (χ0v) is 38.4. The van der Waals surface area contributed by atoms with Gasteiger partial charge in [-0.2, -0.15) is 0 Å². The lowest BCUT2D eigenvalue weighted by Crippen LogP contribution is -2.27. The molecule has 1 amide bonds. The largest absolute Gasteiger partial charge is 0.380 e. The van der Waals surface area contributed by atoms with Crippen LogP contribution in [0, 0.1) is 17.8 Å². The number of carbonyl (C=O) groups excluding carboxylic acids is 1. The summed E-state index contributed by atoms with van der Waals surface area (Å²) < 4.78 is 27.9. The summed E-state index contributed by atoms with van der Waals surface area (Å²) in [6.45, 7) is 40.2. The molecule has 0 aromatic carbocycles. The second-order valence-corrected chi connectivity index (χ2v) is 18.7. The summed E-state index contributed by atoms with van der Waals surface area (Å²) in [6.07, 6.45) is 15.0. The van der Waals surface area contributed by atoms with Gasteiger partial charge in [-0.15, -0.1) is 0 Å². The molecule has 0 aliphatic heterocycles. The van der Waals surface area contributed by atoms with E-state index in [1.807, 2.05) is 20.8 Å². The summed E-state index contributed by atoms with van der Waals surface area (Å²) in [5.74, 6) is 2.55. The van der Waals surface area contributed by atoms with Crippen LogP contribution in [0.15, 0.2) is 0 Å². The summed E-state index contributed by atoms with van der Waals surface area (Å²) in [5, 5.41) is 6.31. The average Bonchev–Trinajstić information content (AvgIpc) is 3.01. The van der Waals surface area contributed by atoms with Crippen molar-refractivity contribution in [1.29, 1.82) is 0 Å². The molecule has 0 aromatic heterocycles. The van der Waals surface area contributed by atoms with Crippen LogP contribution >= 0.6 is 0 Å². The highest BCUT2D eigenvalue weighted by Crippen LogP contribution is 2.12. The zero-order chi connectivity index (χ0) is 41.0. The van der Waals surface area contributed by atoms with Crippen LogP contribution in [0.3, 0.4) is 0 Å². The maximum atomic E-state index is 11.5. The third-order valence-corrected chi connectivity index (χ3v) is 7.71. The highest BCUT2D eigenvalue weighted by Gasteiger charge is 2.10. The molecule has 2 N–H and O–H groups in total. The van der Waals surface area contributed by atoms with Crippen LogP contribution in [0.5, 0.6) is 0 Å². The minimum Gasteiger partial charge on any atom is -0.380 e. The predicted octanol–water partition coefficient (Wildman–Crippen LogP) is 11.2. The van der Waals surface area contributed by atoms with Gasteiger partial charge >= 0.3 is 0 Å². The van der Waals surface area contributed by atoms with Gasteiger partial charge in [0, 0.05) is 52.5 Å². The fraction of sp³-hybridized carbons (Fsp3) is 0.978. The maximum absolute atomic E-state index is 11.5. The lowest BCUT2D eigenvalue weighted by molar-refractivity contribution is -0.121. The van der Waals surface area contributed by atoms with Gasteiger partial charge in [0.25, 0.3) is 0 Å². The Hall–Kier alpha value is -0.770. The van der Waals surface area contributed by atoms with Gasteiger partial charge in [0.1, 0.15) is 0 Å². The number of unbranched alkanes of at least 4 members (excludes halogenated alkanes) is 4. The fourth-order valence-corrected chi connectivity index (χ4v) is 4.75. The summed E-state index contributed by atoms with van der Waals surface area (Å²) in [4.78, 5) is 11.5. The van der Waals surface area contributed by atoms with Gasteiger partial charge in [0.2, 0.25) is 5.91 Å². The number of hydrogen-bond acceptors (Lipinski definition) is 7. The van der Waals surface area contributed by atoms with E-state index in [2.05, 4.69) is 93.7 Å². The molecule has 0 saturated heterocycles. The van der Waals surface area contributed by atoms with Gasteiger partial charge in [-0.25, -0.2) is 0 Å². The second kappa shape index (κ2) is 36.8. The van der Waals surface area contributed by atoms with E-state index in [-0.39, 0.29) is 22.7 Å². The summed E-state index contributed by atoms with van der Waals surface area (Å²) >= 11 is 0. The molecule has 0 aliphatic rings. The Kier molecular flexibility index (Phi) is 39.3. The van der Waals surface area contributed by atoms with Gasteiger partial charge in [-0.05, 0) is 119 Å². The lowest BCUT2D eigenvalue weighted by Gasteiger charge is -2.19. The van der Waals surface area contributed by atoms with Crippen molar-refractivity contribution in [2.45, 2.75) is 204 Å². The molecule has 0 spiro atoms. The predicted molar refractivity (Wildman–Crippen MR) is 229 cm³/mol. The van der Waals surface area contributed by atoms with Gasteiger partial charge in [0.15, 0.2) is 0 Å². The minimum atomic E-state index is -0.0798. The highest BCUT2D eigenvalue weighted by molar-refractivity contribution is 5.75. The number of carbonyl (C=O) groups is 1. The molecule has 0 fully saturated rings. The smallest absolute Gasteiger partial charge is 0.220 e. The van der Waals surface area contributed by atoms with Crippen LogP contribution < -0.4 is 10.6 Å². The normalized spacial score (nSPS) is 12.2. The molecule has 0 bridgehead atoms. The van der Waals surface area contributed by atoms with E-state index in [1.54, 1.807) is 0 Å². The van der Waals surface area contributed by atoms with Crippen molar-refractivity contribution in [2.75, 3.05) is 65.9 Å². The Bertz CT molecular complexity index is 754. The van der Waals surface area contributed by atoms with Crippen molar-refractivity contribution >= 4 is 5.91 Å². The Labute approximate surface area is 332 Å². The second-order valence-electron chi connectivity index (χ2n) is 18.7. The first-order chi connectivity index (χ1) is 24.6. The molecule has 0 unspecified atom stereocenters. The minimum absolute atomic E-state index is 0.0302. The molecule has 322 valence electrons. The van der Waals surface area contributed by atoms with Gasteiger partial charge < -0.3 is 34.3 Å². The number of hydrogen-bond donors (Lipinski definition) is 2. The summed E-state index contributed by atoms with van der Waals surface area (Å²) in [5.41, 5.74) is -0.0703. The van der Waals surface area contributed by atoms with E-state index in [9.17, 15) is 4.79 Å². The molecule has 0 saturated carbocycles. The molecular weight excluding hydrogens is 665 g/mol. The van der Waals surface area contributed by atoms with E-state index in [0.717, 1.165) is 83.0 Å². The molecular formula is C45H96N2O6. The Morgan fingerprint density at radius 3 is 1.26 bits per heavy atom. The van der Waals surface area contributed by atoms with Crippen molar-refractivity contribution in [3.63, 3.8) is 0 Å². The highest BCUT2D eigenvalue weighted by atomic mass is 16.5. The molecule has 8 nitrogen and oxygen atoms in total. The van der Waals surface area contributed by atoms with Crippen molar-refractivity contribution in [1.82, 2.24) is 10.6 Å².